The molecule has 0 saturated heterocycles. The average Bonchev–Trinajstić information content (AvgIpc) is 2.83. The molecule has 0 aliphatic rings. The van der Waals surface area contributed by atoms with Gasteiger partial charge in [0.05, 0.1) is 6.10 Å². The SMILES string of the molecule is CCCCCOC(C)CCC/C=C/c1ccc(-c2ccc(-c3ccc(O)cc3)cc2)cc1. The number of phenols is 1. The number of rotatable bonds is 12. The Kier molecular flexibility index (Phi) is 9.59. The molecular weight excluding hydrogens is 392 g/mol. The van der Waals surface area contributed by atoms with Gasteiger partial charge >= 0.3 is 0 Å². The molecule has 0 aliphatic heterocycles. The molecule has 0 radical (unpaired) electrons. The van der Waals surface area contributed by atoms with Crippen molar-refractivity contribution in [3.63, 3.8) is 0 Å². The molecule has 2 nitrogen and oxygen atoms in total. The summed E-state index contributed by atoms with van der Waals surface area (Å²) in [7, 11) is 0. The van der Waals surface area contributed by atoms with Crippen LogP contribution in [0.2, 0.25) is 0 Å². The van der Waals surface area contributed by atoms with Crippen molar-refractivity contribution in [1.29, 1.82) is 0 Å². The first kappa shape index (κ1) is 23.8. The molecule has 0 aromatic heterocycles. The van der Waals surface area contributed by atoms with Gasteiger partial charge in [0.25, 0.3) is 0 Å². The van der Waals surface area contributed by atoms with Gasteiger partial charge in [0.1, 0.15) is 5.75 Å². The maximum Gasteiger partial charge on any atom is 0.115 e. The summed E-state index contributed by atoms with van der Waals surface area (Å²) in [5.41, 5.74) is 5.91. The van der Waals surface area contributed by atoms with Crippen molar-refractivity contribution in [3.8, 4) is 28.0 Å². The molecule has 0 heterocycles. The van der Waals surface area contributed by atoms with Gasteiger partial charge in [-0.15, -0.1) is 0 Å². The van der Waals surface area contributed by atoms with E-state index in [4.69, 9.17) is 4.74 Å². The minimum atomic E-state index is 0.292. The van der Waals surface area contributed by atoms with Gasteiger partial charge in [0.15, 0.2) is 0 Å². The third-order valence-electron chi connectivity index (χ3n) is 5.77. The van der Waals surface area contributed by atoms with E-state index in [0.717, 1.165) is 37.0 Å². The molecule has 0 bridgehead atoms. The number of ether oxygens (including phenoxy) is 1. The van der Waals surface area contributed by atoms with Gasteiger partial charge in [-0.2, -0.15) is 0 Å². The van der Waals surface area contributed by atoms with Gasteiger partial charge in [-0.3, -0.25) is 0 Å². The summed E-state index contributed by atoms with van der Waals surface area (Å²) in [4.78, 5) is 0. The number of unbranched alkanes of at least 4 members (excludes halogenated alkanes) is 3. The molecule has 32 heavy (non-hydrogen) atoms. The monoisotopic (exact) mass is 428 g/mol. The van der Waals surface area contributed by atoms with E-state index in [1.165, 1.54) is 36.0 Å². The number of hydrogen-bond donors (Lipinski definition) is 1. The van der Waals surface area contributed by atoms with E-state index < -0.39 is 0 Å². The van der Waals surface area contributed by atoms with E-state index >= 15 is 0 Å². The maximum atomic E-state index is 9.45. The number of allylic oxidation sites excluding steroid dienone is 1. The zero-order chi connectivity index (χ0) is 22.6. The zero-order valence-electron chi connectivity index (χ0n) is 19.5. The molecule has 1 unspecified atom stereocenters. The number of benzene rings is 3. The summed E-state index contributed by atoms with van der Waals surface area (Å²) < 4.78 is 5.87. The first-order valence-corrected chi connectivity index (χ1v) is 11.9. The fourth-order valence-corrected chi connectivity index (χ4v) is 3.76. The molecule has 0 saturated carbocycles. The van der Waals surface area contributed by atoms with Crippen LogP contribution in [0.15, 0.2) is 78.9 Å². The minimum absolute atomic E-state index is 0.292. The Hall–Kier alpha value is -2.84. The summed E-state index contributed by atoms with van der Waals surface area (Å²) in [5, 5.41) is 9.45. The lowest BCUT2D eigenvalue weighted by atomic mass is 9.99. The van der Waals surface area contributed by atoms with Crippen molar-refractivity contribution in [1.82, 2.24) is 0 Å². The van der Waals surface area contributed by atoms with Crippen LogP contribution in [0.4, 0.5) is 0 Å². The number of hydrogen-bond acceptors (Lipinski definition) is 2. The molecule has 0 spiro atoms. The molecule has 0 aliphatic carbocycles. The predicted molar refractivity (Wildman–Crippen MR) is 137 cm³/mol. The normalized spacial score (nSPS) is 12.3. The lowest BCUT2D eigenvalue weighted by Crippen LogP contribution is -2.08. The third-order valence-corrected chi connectivity index (χ3v) is 5.77. The van der Waals surface area contributed by atoms with Crippen LogP contribution in [0.3, 0.4) is 0 Å². The second kappa shape index (κ2) is 12.9. The first-order chi connectivity index (χ1) is 15.7. The fourth-order valence-electron chi connectivity index (χ4n) is 3.76. The fraction of sp³-hybridized carbons (Fsp3) is 0.333. The molecule has 3 aromatic rings. The minimum Gasteiger partial charge on any atom is -0.508 e. The highest BCUT2D eigenvalue weighted by Gasteiger charge is 2.02. The topological polar surface area (TPSA) is 29.5 Å². The highest BCUT2D eigenvalue weighted by atomic mass is 16.5. The Morgan fingerprint density at radius 1 is 0.750 bits per heavy atom. The summed E-state index contributed by atoms with van der Waals surface area (Å²) >= 11 is 0. The molecule has 0 fully saturated rings. The second-order valence-electron chi connectivity index (χ2n) is 8.47. The average molecular weight is 429 g/mol. The third kappa shape index (κ3) is 7.69. The largest absolute Gasteiger partial charge is 0.508 e. The molecular formula is C30H36O2. The Morgan fingerprint density at radius 3 is 1.84 bits per heavy atom. The first-order valence-electron chi connectivity index (χ1n) is 11.9. The molecule has 168 valence electrons. The maximum absolute atomic E-state index is 9.45. The molecule has 1 atom stereocenters. The van der Waals surface area contributed by atoms with Crippen LogP contribution in [0, 0.1) is 0 Å². The van der Waals surface area contributed by atoms with Gasteiger partial charge in [0, 0.05) is 6.61 Å². The second-order valence-corrected chi connectivity index (χ2v) is 8.47. The van der Waals surface area contributed by atoms with Crippen LogP contribution in [-0.2, 0) is 4.74 Å². The van der Waals surface area contributed by atoms with Crippen molar-refractivity contribution in [2.45, 2.75) is 58.5 Å². The standard InChI is InChI=1S/C30H36O2/c1-3-4-8-23-32-24(2)9-6-5-7-10-25-11-13-26(14-12-25)27-15-17-28(18-16-27)29-19-21-30(31)22-20-29/h7,10-22,24,31H,3-6,8-9,23H2,1-2H3/b10-7+. The highest BCUT2D eigenvalue weighted by Crippen LogP contribution is 2.26. The van der Waals surface area contributed by atoms with Crippen molar-refractivity contribution < 1.29 is 9.84 Å². The Bertz CT molecular complexity index is 938. The van der Waals surface area contributed by atoms with Crippen LogP contribution in [-0.4, -0.2) is 17.8 Å². The van der Waals surface area contributed by atoms with E-state index in [1.54, 1.807) is 12.1 Å². The quantitative estimate of drug-likeness (QED) is 0.293. The summed E-state index contributed by atoms with van der Waals surface area (Å²) in [6, 6.07) is 24.6. The van der Waals surface area contributed by atoms with Gasteiger partial charge < -0.3 is 9.84 Å². The van der Waals surface area contributed by atoms with Gasteiger partial charge in [-0.05, 0) is 72.6 Å². The highest BCUT2D eigenvalue weighted by molar-refractivity contribution is 5.71. The van der Waals surface area contributed by atoms with Crippen LogP contribution in [0.5, 0.6) is 5.75 Å². The molecule has 1 N–H and O–H groups in total. The van der Waals surface area contributed by atoms with Crippen molar-refractivity contribution >= 4 is 6.08 Å². The van der Waals surface area contributed by atoms with Gasteiger partial charge in [-0.1, -0.05) is 92.6 Å². The van der Waals surface area contributed by atoms with Gasteiger partial charge in [-0.25, -0.2) is 0 Å². The van der Waals surface area contributed by atoms with Crippen molar-refractivity contribution in [2.24, 2.45) is 0 Å². The molecule has 3 aromatic carbocycles. The Morgan fingerprint density at radius 2 is 1.28 bits per heavy atom. The van der Waals surface area contributed by atoms with Gasteiger partial charge in [0.2, 0.25) is 0 Å². The lowest BCUT2D eigenvalue weighted by Gasteiger charge is -2.12. The van der Waals surface area contributed by atoms with E-state index in [9.17, 15) is 5.11 Å². The summed E-state index contributed by atoms with van der Waals surface area (Å²) in [6.45, 7) is 5.31. The van der Waals surface area contributed by atoms with Crippen LogP contribution >= 0.6 is 0 Å². The zero-order valence-corrected chi connectivity index (χ0v) is 19.5. The van der Waals surface area contributed by atoms with Crippen molar-refractivity contribution in [3.05, 3.63) is 84.4 Å². The van der Waals surface area contributed by atoms with Crippen LogP contribution in [0.1, 0.15) is 57.9 Å². The number of phenolic OH excluding ortho intramolecular Hbond substituents is 1. The predicted octanol–water partition coefficient (Wildman–Crippen LogP) is 8.51. The molecule has 3 rings (SSSR count). The number of aromatic hydroxyl groups is 1. The summed E-state index contributed by atoms with van der Waals surface area (Å²) in [5.74, 6) is 0.292. The summed E-state index contributed by atoms with van der Waals surface area (Å²) in [6.07, 6.45) is 11.9. The molecule has 2 heteroatoms. The van der Waals surface area contributed by atoms with Crippen molar-refractivity contribution in [2.75, 3.05) is 6.61 Å². The smallest absolute Gasteiger partial charge is 0.115 e. The molecule has 0 amide bonds. The van der Waals surface area contributed by atoms with E-state index in [0.29, 0.717) is 11.9 Å². The Balaban J connectivity index is 1.45. The van der Waals surface area contributed by atoms with Crippen LogP contribution < -0.4 is 0 Å². The van der Waals surface area contributed by atoms with E-state index in [2.05, 4.69) is 74.5 Å². The lowest BCUT2D eigenvalue weighted by molar-refractivity contribution is 0.0566. The Labute approximate surface area is 193 Å². The van der Waals surface area contributed by atoms with E-state index in [-0.39, 0.29) is 0 Å². The van der Waals surface area contributed by atoms with Crippen LogP contribution in [0.25, 0.3) is 28.3 Å². The van der Waals surface area contributed by atoms with E-state index in [1.807, 2.05) is 12.1 Å².